The number of hydrogen-bond donors (Lipinski definition) is 9. The summed E-state index contributed by atoms with van der Waals surface area (Å²) in [5.41, 5.74) is 0. The molecule has 2 fully saturated rings. The highest BCUT2D eigenvalue weighted by Crippen LogP contribution is 2.25. The second kappa shape index (κ2) is 37.5. The summed E-state index contributed by atoms with van der Waals surface area (Å²) in [5.74, 6) is -9.06. The van der Waals surface area contributed by atoms with Gasteiger partial charge in [-0.2, -0.15) is 0 Å². The van der Waals surface area contributed by atoms with Crippen LogP contribution in [0.2, 0.25) is 0 Å². The van der Waals surface area contributed by atoms with E-state index in [1.807, 2.05) is 90.0 Å². The van der Waals surface area contributed by atoms with E-state index in [2.05, 4.69) is 37.2 Å². The van der Waals surface area contributed by atoms with Crippen molar-refractivity contribution < 1.29 is 63.0 Å². The minimum absolute atomic E-state index is 0.0290. The average Bonchev–Trinajstić information content (AvgIpc) is 2.02. The molecule has 0 aliphatic carbocycles. The molecule has 0 aromatic rings. The lowest BCUT2D eigenvalue weighted by Crippen LogP contribution is -2.63. The molecule has 26 heteroatoms. The van der Waals surface area contributed by atoms with Gasteiger partial charge in [-0.3, -0.25) is 58.1 Å². The van der Waals surface area contributed by atoms with Crippen LogP contribution >= 0.6 is 22.6 Å². The van der Waals surface area contributed by atoms with Gasteiger partial charge in [-0.1, -0.05) is 110 Å². The highest BCUT2D eigenvalue weighted by Gasteiger charge is 2.44. The van der Waals surface area contributed by atoms with Gasteiger partial charge in [0.25, 0.3) is 0 Å². The molecule has 0 saturated carbocycles. The average molecular weight is 1390 g/mol. The molecule has 14 atom stereocenters. The molecule has 2 heterocycles. The third-order valence-corrected chi connectivity index (χ3v) is 17.9. The van der Waals surface area contributed by atoms with Crippen LogP contribution in [0.1, 0.15) is 181 Å². The second-order valence-electron chi connectivity index (χ2n) is 27.7. The molecule has 2 aliphatic rings. The van der Waals surface area contributed by atoms with Crippen molar-refractivity contribution in [2.24, 2.45) is 41.4 Å². The minimum atomic E-state index is -2.24. The van der Waals surface area contributed by atoms with Gasteiger partial charge in [-0.25, -0.2) is 0 Å². The minimum Gasteiger partial charge on any atom is -0.391 e. The number of aliphatic hydroxyl groups excluding tert-OH is 1. The van der Waals surface area contributed by atoms with Crippen molar-refractivity contribution in [1.29, 1.82) is 0 Å². The van der Waals surface area contributed by atoms with Gasteiger partial charge in [0, 0.05) is 47.7 Å². The predicted octanol–water partition coefficient (Wildman–Crippen LogP) is 3.01. The van der Waals surface area contributed by atoms with E-state index in [9.17, 15) is 63.0 Å². The fourth-order valence-electron chi connectivity index (χ4n) is 11.2. The Morgan fingerprint density at radius 2 is 1.14 bits per heavy atom. The van der Waals surface area contributed by atoms with Gasteiger partial charge in [0.2, 0.25) is 65.0 Å². The highest BCUT2D eigenvalue weighted by atomic mass is 127. The van der Waals surface area contributed by atoms with Crippen LogP contribution in [-0.2, 0) is 52.7 Å². The van der Waals surface area contributed by atoms with Crippen molar-refractivity contribution in [3.63, 3.8) is 0 Å². The summed E-state index contributed by atoms with van der Waals surface area (Å²) in [6.07, 6.45) is 2.22. The highest BCUT2D eigenvalue weighted by molar-refractivity contribution is 14.1. The maximum absolute atomic E-state index is 15.0. The number of carbonyl (C=O) groups is 11. The zero-order valence-corrected chi connectivity index (χ0v) is 59.9. The van der Waals surface area contributed by atoms with Crippen molar-refractivity contribution in [2.45, 2.75) is 252 Å². The number of rotatable bonds is 24. The largest absolute Gasteiger partial charge is 0.391 e. The van der Waals surface area contributed by atoms with Crippen LogP contribution in [0.5, 0.6) is 0 Å². The Morgan fingerprint density at radius 1 is 0.644 bits per heavy atom. The molecule has 0 bridgehead atoms. The molecule has 516 valence electrons. The van der Waals surface area contributed by atoms with E-state index >= 15 is 0 Å². The Labute approximate surface area is 550 Å². The third kappa shape index (κ3) is 25.0. The molecular weight excluding hydrogens is 1270 g/mol. The van der Waals surface area contributed by atoms with Crippen molar-refractivity contribution in [1.82, 2.24) is 61.7 Å². The standard InChI is InChI=1S/C64H115IN12O13/c1-21-40(13)51-61(87)75(19)48(31-38(9)10)58(84)66-44(28-35(3)4)55(81)68-46(33-64(65,90)72-42(15)54(80)71-53(43(16)78)62(88)76(20)49(32-39(11)12)59(85)70-51)60(86)73(17)34-50(79)74(18)47(30-37(7)8)57(83)67-45(29-36(5)6)56(82)69-52(41(14)22-2)63(89)77-26-24-23-25-27-77/h35-49,51-53,72,78,90H,21-34H2,1-20H3,(H,66,84)(H,67,83)(H,68,81)(H,69,82)(H,70,85)(H,71,80)/t40-,41-,42+,43+,44-,45?,46?,47?,48-,49-,51-,52-,53-,64?/m0/s1. The number of likely N-dealkylation sites (tertiary alicyclic amines) is 1. The Bertz CT molecular complexity index is 2420. The van der Waals surface area contributed by atoms with E-state index in [4.69, 9.17) is 0 Å². The second-order valence-corrected chi connectivity index (χ2v) is 29.4. The lowest BCUT2D eigenvalue weighted by molar-refractivity contribution is -0.148. The zero-order valence-electron chi connectivity index (χ0n) is 57.8. The number of nitrogens with one attached hydrogen (secondary N) is 7. The first-order chi connectivity index (χ1) is 41.7. The summed E-state index contributed by atoms with van der Waals surface area (Å²) < 4.78 is -2.24. The van der Waals surface area contributed by atoms with Crippen molar-refractivity contribution >= 4 is 87.6 Å². The van der Waals surface area contributed by atoms with Gasteiger partial charge in [0.05, 0.1) is 18.7 Å². The lowest BCUT2D eigenvalue weighted by atomic mass is 9.94. The number of amides is 11. The van der Waals surface area contributed by atoms with Gasteiger partial charge in [-0.15, -0.1) is 0 Å². The first-order valence-corrected chi connectivity index (χ1v) is 33.8. The van der Waals surface area contributed by atoms with Crippen molar-refractivity contribution in [3.05, 3.63) is 0 Å². The number of likely N-dealkylation sites (N-methyl/N-ethyl adjacent to an activating group) is 4. The molecule has 11 amide bonds. The Morgan fingerprint density at radius 3 is 1.62 bits per heavy atom. The number of nitrogens with zero attached hydrogens (tertiary/aromatic N) is 5. The Hall–Kier alpha value is -5.22. The van der Waals surface area contributed by atoms with E-state index < -0.39 is 148 Å². The number of piperidine rings is 1. The van der Waals surface area contributed by atoms with Crippen LogP contribution in [0, 0.1) is 41.4 Å². The van der Waals surface area contributed by atoms with Crippen molar-refractivity contribution in [2.75, 3.05) is 47.8 Å². The first-order valence-electron chi connectivity index (χ1n) is 32.7. The molecular formula is C64H115IN12O13. The summed E-state index contributed by atoms with van der Waals surface area (Å²) in [5, 5.41) is 42.8. The molecule has 2 aliphatic heterocycles. The van der Waals surface area contributed by atoms with Crippen LogP contribution in [0.15, 0.2) is 0 Å². The predicted molar refractivity (Wildman–Crippen MR) is 353 cm³/mol. The molecule has 25 nitrogen and oxygen atoms in total. The smallest absolute Gasteiger partial charge is 0.248 e. The number of aliphatic hydroxyl groups is 2. The summed E-state index contributed by atoms with van der Waals surface area (Å²) in [6.45, 7) is 29.1. The van der Waals surface area contributed by atoms with Crippen LogP contribution in [0.3, 0.4) is 0 Å². The molecule has 2 saturated heterocycles. The maximum Gasteiger partial charge on any atom is 0.248 e. The number of hydrogen-bond acceptors (Lipinski definition) is 14. The maximum atomic E-state index is 15.0. The molecule has 4 unspecified atom stereocenters. The summed E-state index contributed by atoms with van der Waals surface area (Å²) in [6, 6.07) is -12.7. The van der Waals surface area contributed by atoms with Crippen LogP contribution < -0.4 is 37.2 Å². The van der Waals surface area contributed by atoms with E-state index in [0.717, 1.165) is 29.1 Å². The molecule has 0 aromatic carbocycles. The topological polar surface area (TPSA) is 329 Å². The Kier molecular flexibility index (Phi) is 33.7. The summed E-state index contributed by atoms with van der Waals surface area (Å²) in [4.78, 5) is 166. The molecule has 0 radical (unpaired) electrons. The van der Waals surface area contributed by atoms with Crippen LogP contribution in [0.25, 0.3) is 0 Å². The van der Waals surface area contributed by atoms with Gasteiger partial charge >= 0.3 is 0 Å². The molecule has 0 aromatic heterocycles. The normalized spacial score (nSPS) is 25.5. The Balaban J connectivity index is 2.77. The SMILES string of the molecule is CC[C@H](C)[C@H](NC(=O)C(CC(C)C)NC(=O)C(CC(C)C)N(C)C(=O)CN(C)C(=O)C1CC(O)(I)N[C@H](C)C(=O)N[C@@H]([C@@H](C)O)C(=O)N(C)[C@@H](CC(C)C)C(=O)N[C@@H]([C@@H](C)CC)C(=O)N(C)[C@@H](CC(C)C)C(=O)N[C@@H](CC(C)C)C(=O)N1)C(=O)N1CCCCC1. The molecule has 9 N–H and O–H groups in total. The van der Waals surface area contributed by atoms with Crippen LogP contribution in [0.4, 0.5) is 0 Å². The summed E-state index contributed by atoms with van der Waals surface area (Å²) in [7, 11) is 5.49. The van der Waals surface area contributed by atoms with E-state index in [1.165, 1.54) is 51.8 Å². The van der Waals surface area contributed by atoms with E-state index in [0.29, 0.717) is 25.9 Å². The van der Waals surface area contributed by atoms with Gasteiger partial charge in [0.15, 0.2) is 3.73 Å². The summed E-state index contributed by atoms with van der Waals surface area (Å²) >= 11 is 1.55. The molecule has 90 heavy (non-hydrogen) atoms. The van der Waals surface area contributed by atoms with Crippen molar-refractivity contribution in [3.8, 4) is 0 Å². The fraction of sp³-hybridized carbons (Fsp3) is 0.828. The van der Waals surface area contributed by atoms with Gasteiger partial charge in [0.1, 0.15) is 54.4 Å². The van der Waals surface area contributed by atoms with E-state index in [-0.39, 0.29) is 73.5 Å². The quantitative estimate of drug-likeness (QED) is 0.0381. The molecule has 2 rings (SSSR count). The zero-order chi connectivity index (χ0) is 69.0. The number of alkyl halides is 1. The fourth-order valence-corrected chi connectivity index (χ4v) is 12.1. The number of carbonyl (C=O) groups excluding carboxylic acids is 11. The number of halogens is 1. The van der Waals surface area contributed by atoms with E-state index in [1.54, 1.807) is 34.4 Å². The first kappa shape index (κ1) is 80.9. The lowest BCUT2D eigenvalue weighted by Gasteiger charge is -2.37. The monoisotopic (exact) mass is 1390 g/mol. The molecule has 0 spiro atoms. The van der Waals surface area contributed by atoms with Gasteiger partial charge < -0.3 is 66.6 Å². The van der Waals surface area contributed by atoms with Crippen LogP contribution in [-0.4, -0.2) is 218 Å². The third-order valence-electron chi connectivity index (χ3n) is 17.1. The van der Waals surface area contributed by atoms with Gasteiger partial charge in [-0.05, 0) is 129 Å².